The highest BCUT2D eigenvalue weighted by atomic mass is 35.5. The van der Waals surface area contributed by atoms with Gasteiger partial charge < -0.3 is 25.8 Å². The topological polar surface area (TPSA) is 134 Å². The van der Waals surface area contributed by atoms with Gasteiger partial charge in [-0.15, -0.1) is 0 Å². The minimum absolute atomic E-state index is 0.0975. The second-order valence-corrected chi connectivity index (χ2v) is 11.8. The van der Waals surface area contributed by atoms with Gasteiger partial charge in [0, 0.05) is 22.9 Å². The second-order valence-electron chi connectivity index (χ2n) is 11.4. The van der Waals surface area contributed by atoms with Crippen molar-refractivity contribution >= 4 is 35.3 Å². The van der Waals surface area contributed by atoms with E-state index in [-0.39, 0.29) is 18.7 Å². The number of halogens is 1. The molecule has 3 amide bonds. The molecule has 0 spiro atoms. The van der Waals surface area contributed by atoms with Crippen molar-refractivity contribution in [3.8, 4) is 0 Å². The maximum absolute atomic E-state index is 13.6. The van der Waals surface area contributed by atoms with Gasteiger partial charge in [0.15, 0.2) is 0 Å². The molecule has 9 nitrogen and oxygen atoms in total. The highest BCUT2D eigenvalue weighted by molar-refractivity contribution is 6.30. The number of nitrogens with one attached hydrogen (secondary N) is 3. The molecule has 3 rings (SSSR count). The number of carbonyl (C=O) groups excluding carboxylic acids is 4. The number of aliphatic hydroxyl groups is 1. The van der Waals surface area contributed by atoms with Gasteiger partial charge in [-0.2, -0.15) is 0 Å². The first kappa shape index (κ1) is 33.1. The predicted molar refractivity (Wildman–Crippen MR) is 161 cm³/mol. The van der Waals surface area contributed by atoms with Crippen LogP contribution in [0.25, 0.3) is 0 Å². The lowest BCUT2D eigenvalue weighted by Crippen LogP contribution is -2.54. The molecule has 0 radical (unpaired) electrons. The van der Waals surface area contributed by atoms with Crippen molar-refractivity contribution < 1.29 is 29.0 Å². The molecule has 1 unspecified atom stereocenters. The van der Waals surface area contributed by atoms with Crippen LogP contribution in [0.15, 0.2) is 54.6 Å². The lowest BCUT2D eigenvalue weighted by atomic mass is 9.65. The first-order valence-corrected chi connectivity index (χ1v) is 14.8. The van der Waals surface area contributed by atoms with E-state index < -0.39 is 46.8 Å². The van der Waals surface area contributed by atoms with Gasteiger partial charge >= 0.3 is 5.97 Å². The summed E-state index contributed by atoms with van der Waals surface area (Å²) in [6.45, 7) is 6.17. The molecule has 0 aromatic heterocycles. The molecule has 0 aliphatic carbocycles. The lowest BCUT2D eigenvalue weighted by Gasteiger charge is -2.43. The quantitative estimate of drug-likeness (QED) is 0.244. The monoisotopic (exact) mass is 599 g/mol. The van der Waals surface area contributed by atoms with Gasteiger partial charge in [0.05, 0.1) is 13.5 Å². The van der Waals surface area contributed by atoms with E-state index in [9.17, 15) is 24.3 Å². The van der Waals surface area contributed by atoms with E-state index in [1.165, 1.54) is 7.11 Å². The summed E-state index contributed by atoms with van der Waals surface area (Å²) in [6.07, 6.45) is 2.06. The molecule has 4 atom stereocenters. The smallest absolute Gasteiger partial charge is 0.328 e. The second kappa shape index (κ2) is 14.6. The van der Waals surface area contributed by atoms with Gasteiger partial charge in [0.25, 0.3) is 0 Å². The maximum Gasteiger partial charge on any atom is 0.328 e. The normalized spacial score (nSPS) is 17.9. The molecule has 1 aliphatic rings. The molecule has 10 heteroatoms. The molecule has 4 N–H and O–H groups in total. The summed E-state index contributed by atoms with van der Waals surface area (Å²) in [7, 11) is 1.22. The Hall–Kier alpha value is -3.43. The highest BCUT2D eigenvalue weighted by Crippen LogP contribution is 2.45. The van der Waals surface area contributed by atoms with Crippen LogP contribution in [0.4, 0.5) is 0 Å². The highest BCUT2D eigenvalue weighted by Gasteiger charge is 2.48. The first-order valence-electron chi connectivity index (χ1n) is 14.4. The zero-order valence-corrected chi connectivity index (χ0v) is 25.5. The van der Waals surface area contributed by atoms with E-state index in [4.69, 9.17) is 16.3 Å². The zero-order chi connectivity index (χ0) is 30.9. The molecular formula is C32H42ClN3O6. The third-order valence-electron chi connectivity index (χ3n) is 8.23. The third kappa shape index (κ3) is 7.89. The standard InChI is InChI=1S/C32H42ClN3O6/c1-5-6-15-25(29(39)36-26(30(40)42-4)18-21-16-17-34-28(21)38)35-27(37)20-32(41,22-11-8-7-9-12-22)31(2,3)23-13-10-14-24(33)19-23/h7-14,19,21,25-26,41H,5-6,15-18,20H2,1-4H3,(H,34,38)(H,35,37)(H,36,39)/t21-,25-,26-,32?/m0/s1. The van der Waals surface area contributed by atoms with Gasteiger partial charge in [-0.1, -0.05) is 87.7 Å². The Morgan fingerprint density at radius 2 is 1.76 bits per heavy atom. The third-order valence-corrected chi connectivity index (χ3v) is 8.47. The Kier molecular flexibility index (Phi) is 11.5. The maximum atomic E-state index is 13.6. The van der Waals surface area contributed by atoms with E-state index in [2.05, 4.69) is 16.0 Å². The first-order chi connectivity index (χ1) is 19.9. The van der Waals surface area contributed by atoms with Crippen LogP contribution < -0.4 is 16.0 Å². The van der Waals surface area contributed by atoms with Crippen molar-refractivity contribution in [1.82, 2.24) is 16.0 Å². The number of benzene rings is 2. The fraction of sp³-hybridized carbons (Fsp3) is 0.500. The molecule has 42 heavy (non-hydrogen) atoms. The predicted octanol–water partition coefficient (Wildman–Crippen LogP) is 3.75. The molecular weight excluding hydrogens is 558 g/mol. The fourth-order valence-corrected chi connectivity index (χ4v) is 5.64. The van der Waals surface area contributed by atoms with Crippen LogP contribution in [0.3, 0.4) is 0 Å². The van der Waals surface area contributed by atoms with Crippen molar-refractivity contribution in [3.63, 3.8) is 0 Å². The number of methoxy groups -OCH3 is 1. The summed E-state index contributed by atoms with van der Waals surface area (Å²) in [5, 5.41) is 21.0. The number of hydrogen-bond acceptors (Lipinski definition) is 6. The molecule has 2 aromatic carbocycles. The van der Waals surface area contributed by atoms with Crippen molar-refractivity contribution in [1.29, 1.82) is 0 Å². The number of hydrogen-bond donors (Lipinski definition) is 4. The summed E-state index contributed by atoms with van der Waals surface area (Å²) < 4.78 is 4.89. The Morgan fingerprint density at radius 3 is 2.36 bits per heavy atom. The Bertz CT molecular complexity index is 1250. The summed E-state index contributed by atoms with van der Waals surface area (Å²) >= 11 is 6.28. The largest absolute Gasteiger partial charge is 0.467 e. The SMILES string of the molecule is CCCC[C@H](NC(=O)CC(O)(c1ccccc1)C(C)(C)c1cccc(Cl)c1)C(=O)N[C@@H](C[C@@H]1CCNC1=O)C(=O)OC. The molecule has 1 aliphatic heterocycles. The number of rotatable bonds is 14. The molecule has 1 heterocycles. The van der Waals surface area contributed by atoms with Gasteiger partial charge in [0.2, 0.25) is 17.7 Å². The van der Waals surface area contributed by atoms with Crippen LogP contribution in [-0.4, -0.2) is 54.5 Å². The summed E-state index contributed by atoms with van der Waals surface area (Å²) in [6, 6.07) is 14.1. The minimum atomic E-state index is -1.67. The van der Waals surface area contributed by atoms with Crippen molar-refractivity contribution in [3.05, 3.63) is 70.7 Å². The summed E-state index contributed by atoms with van der Waals surface area (Å²) in [5.41, 5.74) is -1.35. The van der Waals surface area contributed by atoms with E-state index in [1.807, 2.05) is 32.9 Å². The van der Waals surface area contributed by atoms with E-state index in [0.29, 0.717) is 36.4 Å². The van der Waals surface area contributed by atoms with E-state index in [0.717, 1.165) is 12.0 Å². The van der Waals surface area contributed by atoms with Gasteiger partial charge in [-0.05, 0) is 42.5 Å². The molecule has 1 fully saturated rings. The van der Waals surface area contributed by atoms with Crippen LogP contribution >= 0.6 is 11.6 Å². The van der Waals surface area contributed by atoms with Crippen molar-refractivity contribution in [2.24, 2.45) is 5.92 Å². The number of unbranched alkanes of at least 4 members (excludes halogenated alkanes) is 1. The number of carbonyl (C=O) groups is 4. The Morgan fingerprint density at radius 1 is 1.07 bits per heavy atom. The molecule has 228 valence electrons. The average molecular weight is 600 g/mol. The van der Waals surface area contributed by atoms with Gasteiger partial charge in [-0.3, -0.25) is 14.4 Å². The van der Waals surface area contributed by atoms with Crippen LogP contribution in [0.2, 0.25) is 5.02 Å². The van der Waals surface area contributed by atoms with E-state index >= 15 is 0 Å². The van der Waals surface area contributed by atoms with Gasteiger partial charge in [-0.25, -0.2) is 4.79 Å². The van der Waals surface area contributed by atoms with E-state index in [1.54, 1.807) is 42.5 Å². The number of ether oxygens (including phenoxy) is 1. The van der Waals surface area contributed by atoms with Gasteiger partial charge in [0.1, 0.15) is 17.7 Å². The Balaban J connectivity index is 1.85. The minimum Gasteiger partial charge on any atom is -0.467 e. The molecule has 1 saturated heterocycles. The van der Waals surface area contributed by atoms with Crippen molar-refractivity contribution in [2.45, 2.75) is 82.4 Å². The molecule has 0 bridgehead atoms. The average Bonchev–Trinajstić information content (AvgIpc) is 3.38. The molecule has 2 aromatic rings. The van der Waals surface area contributed by atoms with Crippen LogP contribution in [0.1, 0.15) is 70.4 Å². The fourth-order valence-electron chi connectivity index (χ4n) is 5.45. The summed E-state index contributed by atoms with van der Waals surface area (Å²) in [5.74, 6) is -2.34. The number of esters is 1. The van der Waals surface area contributed by atoms with Crippen LogP contribution in [0.5, 0.6) is 0 Å². The van der Waals surface area contributed by atoms with Crippen molar-refractivity contribution in [2.75, 3.05) is 13.7 Å². The van der Waals surface area contributed by atoms with Crippen LogP contribution in [-0.2, 0) is 34.9 Å². The van der Waals surface area contributed by atoms with Crippen LogP contribution in [0, 0.1) is 5.92 Å². The molecule has 0 saturated carbocycles. The summed E-state index contributed by atoms with van der Waals surface area (Å²) in [4.78, 5) is 51.7. The zero-order valence-electron chi connectivity index (χ0n) is 24.7. The Labute approximate surface area is 252 Å². The number of amides is 3. The lowest BCUT2D eigenvalue weighted by molar-refractivity contribution is -0.146.